The summed E-state index contributed by atoms with van der Waals surface area (Å²) < 4.78 is 60.4. The molecule has 2 aliphatic rings. The van der Waals surface area contributed by atoms with Crippen LogP contribution in [0.2, 0.25) is 0 Å². The number of piperazine rings is 1. The Morgan fingerprint density at radius 2 is 1.71 bits per heavy atom. The van der Waals surface area contributed by atoms with E-state index in [0.29, 0.717) is 11.6 Å². The number of rotatable bonds is 10. The number of halogens is 2. The first-order valence-corrected chi connectivity index (χ1v) is 13.7. The van der Waals surface area contributed by atoms with Crippen LogP contribution in [0.4, 0.5) is 14.5 Å². The molecule has 0 atom stereocenters. The molecule has 1 amide bonds. The minimum Gasteiger partial charge on any atom is -0.508 e. The number of amides is 1. The van der Waals surface area contributed by atoms with E-state index in [4.69, 9.17) is 10.1 Å². The second-order valence-corrected chi connectivity index (χ2v) is 11.8. The molecule has 1 saturated heterocycles. The van der Waals surface area contributed by atoms with Crippen LogP contribution in [0.1, 0.15) is 25.3 Å². The lowest BCUT2D eigenvalue weighted by Gasteiger charge is -2.36. The van der Waals surface area contributed by atoms with Gasteiger partial charge in [-0.3, -0.25) is 4.79 Å². The Kier molecular flexibility index (Phi) is 8.02. The minimum absolute atomic E-state index is 0.0472. The van der Waals surface area contributed by atoms with Crippen molar-refractivity contribution in [2.24, 2.45) is 5.41 Å². The summed E-state index contributed by atoms with van der Waals surface area (Å²) in [5.74, 6) is -2.81. The smallest absolute Gasteiger partial charge is 0.293 e. The number of aromatic hydroxyl groups is 1. The normalized spacial score (nSPS) is 17.9. The molecular formula is C26H30F2N4O5S. The molecular weight excluding hydrogens is 518 g/mol. The summed E-state index contributed by atoms with van der Waals surface area (Å²) in [7, 11) is -3.64. The van der Waals surface area contributed by atoms with Crippen molar-refractivity contribution in [3.05, 3.63) is 71.1 Å². The molecule has 0 unspecified atom stereocenters. The summed E-state index contributed by atoms with van der Waals surface area (Å²) >= 11 is 0. The van der Waals surface area contributed by atoms with Crippen molar-refractivity contribution in [2.75, 3.05) is 38.1 Å². The fourth-order valence-corrected chi connectivity index (χ4v) is 5.59. The van der Waals surface area contributed by atoms with Gasteiger partial charge in [0, 0.05) is 49.6 Å². The van der Waals surface area contributed by atoms with Gasteiger partial charge in [0.1, 0.15) is 23.1 Å². The third-order valence-electron chi connectivity index (χ3n) is 6.62. The Morgan fingerprint density at radius 3 is 2.26 bits per heavy atom. The number of carbonyl (C=O) groups excluding carboxylic acids is 1. The monoisotopic (exact) mass is 548 g/mol. The molecule has 1 saturated carbocycles. The number of benzene rings is 2. The number of hydrogen-bond donors (Lipinski definition) is 3. The molecule has 1 aliphatic carbocycles. The highest BCUT2D eigenvalue weighted by molar-refractivity contribution is 7.88. The number of nitrogens with zero attached hydrogens (tertiary/aromatic N) is 2. The third kappa shape index (κ3) is 6.87. The first kappa shape index (κ1) is 27.5. The highest BCUT2D eigenvalue weighted by atomic mass is 32.2. The van der Waals surface area contributed by atoms with Crippen LogP contribution in [0.3, 0.4) is 0 Å². The lowest BCUT2D eigenvalue weighted by molar-refractivity contribution is -0.116. The quantitative estimate of drug-likeness (QED) is 0.238. The van der Waals surface area contributed by atoms with E-state index in [1.807, 2.05) is 6.92 Å². The zero-order valence-corrected chi connectivity index (χ0v) is 21.7. The predicted molar refractivity (Wildman–Crippen MR) is 138 cm³/mol. The van der Waals surface area contributed by atoms with Gasteiger partial charge in [-0.15, -0.1) is 0 Å². The van der Waals surface area contributed by atoms with Crippen LogP contribution in [0.15, 0.2) is 53.9 Å². The molecule has 2 aromatic rings. The molecule has 9 nitrogen and oxygen atoms in total. The van der Waals surface area contributed by atoms with Gasteiger partial charge in [0.05, 0.1) is 12.4 Å². The third-order valence-corrected chi connectivity index (χ3v) is 8.47. The van der Waals surface area contributed by atoms with Crippen LogP contribution in [0, 0.1) is 22.5 Å². The second kappa shape index (κ2) is 11.1. The molecule has 2 aromatic carbocycles. The molecule has 2 fully saturated rings. The molecule has 12 heteroatoms. The Labute approximate surface area is 220 Å². The molecule has 0 radical (unpaired) electrons. The standard InChI is InChI=1S/C26H30F2N4O5S/c1-26(6-7-26)17-37-24(25(34)30-21-13-19(27)12-20(28)14-21)23(15-29)31-8-10-32(11-9-31)38(35,36)16-18-2-4-22(33)5-3-18/h2-5,12-15,29,33H,6-11,16-17H2,1H3,(H,30,34). The van der Waals surface area contributed by atoms with Gasteiger partial charge in [-0.05, 0) is 42.7 Å². The fraction of sp³-hybridized carbons (Fsp3) is 0.385. The van der Waals surface area contributed by atoms with Crippen molar-refractivity contribution in [3.63, 3.8) is 0 Å². The Bertz CT molecular complexity index is 1320. The molecule has 0 spiro atoms. The minimum atomic E-state index is -3.64. The highest BCUT2D eigenvalue weighted by Crippen LogP contribution is 2.45. The van der Waals surface area contributed by atoms with Crippen molar-refractivity contribution < 1.29 is 31.8 Å². The van der Waals surface area contributed by atoms with Gasteiger partial charge in [-0.25, -0.2) is 17.2 Å². The van der Waals surface area contributed by atoms with Crippen molar-refractivity contribution in [3.8, 4) is 5.75 Å². The molecule has 1 aliphatic heterocycles. The zero-order chi connectivity index (χ0) is 27.5. The number of nitrogens with one attached hydrogen (secondary N) is 2. The van der Waals surface area contributed by atoms with E-state index in [0.717, 1.165) is 31.2 Å². The highest BCUT2D eigenvalue weighted by Gasteiger charge is 2.39. The lowest BCUT2D eigenvalue weighted by atomic mass is 10.2. The van der Waals surface area contributed by atoms with Gasteiger partial charge >= 0.3 is 0 Å². The molecule has 3 N–H and O–H groups in total. The van der Waals surface area contributed by atoms with Gasteiger partial charge in [-0.2, -0.15) is 4.31 Å². The van der Waals surface area contributed by atoms with Gasteiger partial charge in [0.15, 0.2) is 0 Å². The topological polar surface area (TPSA) is 123 Å². The number of allylic oxidation sites excluding steroid dienone is 1. The van der Waals surface area contributed by atoms with E-state index in [1.165, 1.54) is 16.4 Å². The average molecular weight is 549 g/mol. The summed E-state index contributed by atoms with van der Waals surface area (Å²) in [6, 6.07) is 8.59. The van der Waals surface area contributed by atoms with Gasteiger partial charge in [0.2, 0.25) is 15.8 Å². The SMILES string of the molecule is CC1(COC(C(=O)Nc2cc(F)cc(F)c2)=C(C=N)N2CCN(S(=O)(=O)Cc3ccc(O)cc3)CC2)CC1. The number of hydrogen-bond acceptors (Lipinski definition) is 7. The van der Waals surface area contributed by atoms with Crippen LogP contribution in [0.25, 0.3) is 0 Å². The summed E-state index contributed by atoms with van der Waals surface area (Å²) in [6.07, 6.45) is 2.82. The van der Waals surface area contributed by atoms with Crippen molar-refractivity contribution in [1.82, 2.24) is 9.21 Å². The number of phenols is 1. The Balaban J connectivity index is 1.50. The average Bonchev–Trinajstić information content (AvgIpc) is 3.59. The second-order valence-electron chi connectivity index (χ2n) is 9.88. The van der Waals surface area contributed by atoms with Crippen LogP contribution in [-0.4, -0.2) is 67.6 Å². The van der Waals surface area contributed by atoms with Crippen molar-refractivity contribution in [2.45, 2.75) is 25.5 Å². The van der Waals surface area contributed by atoms with E-state index in [1.54, 1.807) is 17.0 Å². The maximum absolute atomic E-state index is 13.7. The summed E-state index contributed by atoms with van der Waals surface area (Å²) in [5.41, 5.74) is 0.505. The van der Waals surface area contributed by atoms with Gasteiger partial charge in [0.25, 0.3) is 5.91 Å². The number of ether oxygens (including phenoxy) is 1. The largest absolute Gasteiger partial charge is 0.508 e. The van der Waals surface area contributed by atoms with Crippen molar-refractivity contribution >= 4 is 27.8 Å². The van der Waals surface area contributed by atoms with Crippen molar-refractivity contribution in [1.29, 1.82) is 5.41 Å². The summed E-state index contributed by atoms with van der Waals surface area (Å²) in [4.78, 5) is 14.9. The number of sulfonamides is 1. The Morgan fingerprint density at radius 1 is 1.11 bits per heavy atom. The summed E-state index contributed by atoms with van der Waals surface area (Å²) in [5, 5.41) is 19.9. The van der Waals surface area contributed by atoms with E-state index in [2.05, 4.69) is 5.32 Å². The van der Waals surface area contributed by atoms with E-state index < -0.39 is 27.6 Å². The molecule has 1 heterocycles. The van der Waals surface area contributed by atoms with Crippen LogP contribution in [-0.2, 0) is 25.3 Å². The molecule has 0 aromatic heterocycles. The molecule has 204 valence electrons. The number of carbonyl (C=O) groups is 1. The molecule has 4 rings (SSSR count). The molecule has 0 bridgehead atoms. The zero-order valence-electron chi connectivity index (χ0n) is 20.9. The maximum atomic E-state index is 13.7. The summed E-state index contributed by atoms with van der Waals surface area (Å²) in [6.45, 7) is 2.88. The molecule has 38 heavy (non-hydrogen) atoms. The fourth-order valence-electron chi connectivity index (χ4n) is 4.08. The van der Waals surface area contributed by atoms with E-state index >= 15 is 0 Å². The number of anilines is 1. The number of phenolic OH excluding ortho intramolecular Hbond substituents is 1. The van der Waals surface area contributed by atoms with E-state index in [9.17, 15) is 27.1 Å². The maximum Gasteiger partial charge on any atom is 0.293 e. The van der Waals surface area contributed by atoms with Crippen LogP contribution >= 0.6 is 0 Å². The first-order valence-electron chi connectivity index (χ1n) is 12.1. The first-order chi connectivity index (χ1) is 18.0. The van der Waals surface area contributed by atoms with Gasteiger partial charge < -0.3 is 25.5 Å². The lowest BCUT2D eigenvalue weighted by Crippen LogP contribution is -2.49. The Hall–Kier alpha value is -3.51. The van der Waals surface area contributed by atoms with Crippen LogP contribution in [0.5, 0.6) is 5.75 Å². The van der Waals surface area contributed by atoms with Crippen LogP contribution < -0.4 is 5.32 Å². The van der Waals surface area contributed by atoms with E-state index in [-0.39, 0.29) is 66.8 Å². The van der Waals surface area contributed by atoms with Gasteiger partial charge in [-0.1, -0.05) is 19.1 Å². The predicted octanol–water partition coefficient (Wildman–Crippen LogP) is 3.43.